The van der Waals surface area contributed by atoms with Crippen molar-refractivity contribution in [3.05, 3.63) is 0 Å². The van der Waals surface area contributed by atoms with Crippen molar-refractivity contribution in [3.8, 4) is 0 Å². The summed E-state index contributed by atoms with van der Waals surface area (Å²) in [5.74, 6) is 1.60. The van der Waals surface area contributed by atoms with Gasteiger partial charge in [-0.05, 0) is 101 Å². The Morgan fingerprint density at radius 3 is 1.29 bits per heavy atom. The second-order valence-corrected chi connectivity index (χ2v) is 20.5. The van der Waals surface area contributed by atoms with E-state index < -0.39 is 0 Å². The number of ether oxygens (including phenoxy) is 3. The molecule has 65 heavy (non-hydrogen) atoms. The Morgan fingerprint density at radius 2 is 0.831 bits per heavy atom. The summed E-state index contributed by atoms with van der Waals surface area (Å²) in [6.45, 7) is 16.5. The molecule has 384 valence electrons. The van der Waals surface area contributed by atoms with Crippen LogP contribution < -0.4 is 5.32 Å². The van der Waals surface area contributed by atoms with Crippen LogP contribution in [0.5, 0.6) is 0 Å². The minimum absolute atomic E-state index is 0.00853. The Morgan fingerprint density at radius 1 is 0.446 bits per heavy atom. The van der Waals surface area contributed by atoms with Crippen LogP contribution in [0.15, 0.2) is 0 Å². The third-order valence-electron chi connectivity index (χ3n) is 14.2. The largest absolute Gasteiger partial charge is 0.465 e. The zero-order valence-electron chi connectivity index (χ0n) is 44.0. The van der Waals surface area contributed by atoms with Gasteiger partial charge in [0.1, 0.15) is 0 Å². The standard InChI is InChI=1S/C57H110N2O6/c1-6-11-16-27-36-52(34-14-9-4)49-64-55(60)40-31-25-21-19-23-29-38-54(59(47-51-42-44-58-45-43-51)48-57(62)63-46-33-18-13-8-3)39-30-24-20-22-26-32-41-56(61)65-50-53(35-15-10-5)37-28-17-12-7-2/h51-54,58H,6-50H2,1-5H3. The number of hydrogen-bond acceptors (Lipinski definition) is 8. The molecule has 0 amide bonds. The zero-order valence-corrected chi connectivity index (χ0v) is 44.0. The number of nitrogens with one attached hydrogen (secondary N) is 1. The van der Waals surface area contributed by atoms with Gasteiger partial charge in [-0.3, -0.25) is 19.3 Å². The van der Waals surface area contributed by atoms with E-state index in [2.05, 4.69) is 44.8 Å². The van der Waals surface area contributed by atoms with Crippen LogP contribution in [-0.2, 0) is 28.6 Å². The summed E-state index contributed by atoms with van der Waals surface area (Å²) in [5, 5.41) is 3.53. The highest BCUT2D eigenvalue weighted by atomic mass is 16.5. The third-order valence-corrected chi connectivity index (χ3v) is 14.2. The van der Waals surface area contributed by atoms with E-state index in [9.17, 15) is 14.4 Å². The number of hydrogen-bond donors (Lipinski definition) is 1. The van der Waals surface area contributed by atoms with Crippen LogP contribution in [-0.4, -0.2) is 74.8 Å². The molecular weight excluding hydrogens is 809 g/mol. The first-order valence-corrected chi connectivity index (χ1v) is 28.8. The first-order chi connectivity index (χ1) is 31.9. The summed E-state index contributed by atoms with van der Waals surface area (Å²) >= 11 is 0. The van der Waals surface area contributed by atoms with Gasteiger partial charge in [-0.15, -0.1) is 0 Å². The molecule has 0 bridgehead atoms. The van der Waals surface area contributed by atoms with Gasteiger partial charge in [0.2, 0.25) is 0 Å². The molecule has 0 aromatic carbocycles. The second-order valence-electron chi connectivity index (χ2n) is 20.5. The lowest BCUT2D eigenvalue weighted by atomic mass is 9.94. The fraction of sp³-hybridized carbons (Fsp3) is 0.947. The number of unbranched alkanes of at least 4 members (excludes halogenated alkanes) is 21. The average molecular weight is 920 g/mol. The van der Waals surface area contributed by atoms with Crippen molar-refractivity contribution in [2.45, 2.75) is 285 Å². The highest BCUT2D eigenvalue weighted by molar-refractivity contribution is 5.71. The Hall–Kier alpha value is -1.67. The Bertz CT molecular complexity index is 1010. The van der Waals surface area contributed by atoms with Crippen LogP contribution in [0.4, 0.5) is 0 Å². The van der Waals surface area contributed by atoms with Gasteiger partial charge in [-0.1, -0.05) is 195 Å². The molecule has 1 N–H and O–H groups in total. The van der Waals surface area contributed by atoms with E-state index in [0.29, 0.717) is 63.0 Å². The molecule has 0 radical (unpaired) electrons. The van der Waals surface area contributed by atoms with E-state index in [4.69, 9.17) is 14.2 Å². The molecule has 0 aromatic heterocycles. The molecule has 1 rings (SSSR count). The minimum atomic E-state index is -0.0515. The van der Waals surface area contributed by atoms with E-state index in [-0.39, 0.29) is 17.9 Å². The molecule has 0 aromatic rings. The molecule has 1 aliphatic heterocycles. The predicted molar refractivity (Wildman–Crippen MR) is 275 cm³/mol. The SMILES string of the molecule is CCCCCCOC(=O)CN(CC1CCNCC1)C(CCCCCCCCC(=O)OCC(CCCC)CCCCCC)CCCCCCCCC(=O)OCC(CCCC)CCCCCC. The molecule has 0 aliphatic carbocycles. The quantitative estimate of drug-likeness (QED) is 0.0366. The van der Waals surface area contributed by atoms with Gasteiger partial charge in [-0.25, -0.2) is 0 Å². The van der Waals surface area contributed by atoms with E-state index in [0.717, 1.165) is 83.8 Å². The fourth-order valence-corrected chi connectivity index (χ4v) is 9.78. The van der Waals surface area contributed by atoms with Crippen LogP contribution >= 0.6 is 0 Å². The third kappa shape index (κ3) is 37.9. The van der Waals surface area contributed by atoms with Crippen molar-refractivity contribution in [2.24, 2.45) is 17.8 Å². The van der Waals surface area contributed by atoms with E-state index in [1.54, 1.807) is 0 Å². The summed E-state index contributed by atoms with van der Waals surface area (Å²) in [7, 11) is 0. The van der Waals surface area contributed by atoms with Crippen LogP contribution in [0.25, 0.3) is 0 Å². The maximum atomic E-state index is 13.3. The van der Waals surface area contributed by atoms with Crippen LogP contribution in [0, 0.1) is 17.8 Å². The summed E-state index contributed by atoms with van der Waals surface area (Å²) in [6.07, 6.45) is 43.4. The van der Waals surface area contributed by atoms with Crippen molar-refractivity contribution in [1.29, 1.82) is 0 Å². The molecule has 2 atom stereocenters. The lowest BCUT2D eigenvalue weighted by Crippen LogP contribution is -2.44. The number of rotatable bonds is 48. The van der Waals surface area contributed by atoms with Crippen molar-refractivity contribution in [1.82, 2.24) is 10.2 Å². The average Bonchev–Trinajstić information content (AvgIpc) is 3.31. The van der Waals surface area contributed by atoms with Gasteiger partial charge >= 0.3 is 17.9 Å². The summed E-state index contributed by atoms with van der Waals surface area (Å²) < 4.78 is 17.4. The summed E-state index contributed by atoms with van der Waals surface area (Å²) in [6, 6.07) is 0.391. The van der Waals surface area contributed by atoms with Crippen LogP contribution in [0.3, 0.4) is 0 Å². The van der Waals surface area contributed by atoms with Crippen molar-refractivity contribution in [2.75, 3.05) is 46.0 Å². The van der Waals surface area contributed by atoms with Gasteiger partial charge < -0.3 is 19.5 Å². The van der Waals surface area contributed by atoms with E-state index in [1.807, 2.05) is 0 Å². The number of carbonyl (C=O) groups is 3. The predicted octanol–water partition coefficient (Wildman–Crippen LogP) is 15.7. The number of nitrogens with zero attached hydrogens (tertiary/aromatic N) is 1. The zero-order chi connectivity index (χ0) is 47.3. The molecule has 1 saturated heterocycles. The lowest BCUT2D eigenvalue weighted by Gasteiger charge is -2.35. The van der Waals surface area contributed by atoms with Gasteiger partial charge in [0.05, 0.1) is 26.4 Å². The maximum Gasteiger partial charge on any atom is 0.320 e. The normalized spacial score (nSPS) is 14.7. The first-order valence-electron chi connectivity index (χ1n) is 28.8. The Labute approximate surface area is 403 Å². The van der Waals surface area contributed by atoms with Crippen molar-refractivity contribution < 1.29 is 28.6 Å². The molecule has 2 unspecified atom stereocenters. The molecule has 8 heteroatoms. The molecule has 0 spiro atoms. The van der Waals surface area contributed by atoms with Gasteiger partial charge in [0, 0.05) is 25.4 Å². The lowest BCUT2D eigenvalue weighted by molar-refractivity contribution is -0.146. The number of piperidine rings is 1. The summed E-state index contributed by atoms with van der Waals surface area (Å²) in [5.41, 5.74) is 0. The molecule has 1 fully saturated rings. The smallest absolute Gasteiger partial charge is 0.320 e. The van der Waals surface area contributed by atoms with Crippen molar-refractivity contribution in [3.63, 3.8) is 0 Å². The van der Waals surface area contributed by atoms with Crippen molar-refractivity contribution >= 4 is 17.9 Å². The fourth-order valence-electron chi connectivity index (χ4n) is 9.78. The topological polar surface area (TPSA) is 94.2 Å². The highest BCUT2D eigenvalue weighted by Gasteiger charge is 2.26. The molecule has 1 heterocycles. The molecular formula is C57H110N2O6. The van der Waals surface area contributed by atoms with Gasteiger partial charge in [-0.2, -0.15) is 0 Å². The second kappa shape index (κ2) is 46.1. The van der Waals surface area contributed by atoms with Crippen LogP contribution in [0.1, 0.15) is 279 Å². The molecule has 1 aliphatic rings. The Kier molecular flexibility index (Phi) is 43.5. The highest BCUT2D eigenvalue weighted by Crippen LogP contribution is 2.24. The maximum absolute atomic E-state index is 13.3. The first kappa shape index (κ1) is 61.3. The van der Waals surface area contributed by atoms with Gasteiger partial charge in [0.25, 0.3) is 0 Å². The summed E-state index contributed by atoms with van der Waals surface area (Å²) in [4.78, 5) is 41.0. The monoisotopic (exact) mass is 919 g/mol. The van der Waals surface area contributed by atoms with Gasteiger partial charge in [0.15, 0.2) is 0 Å². The Balaban J connectivity index is 2.61. The molecule has 0 saturated carbocycles. The molecule has 8 nitrogen and oxygen atoms in total. The van der Waals surface area contributed by atoms with E-state index >= 15 is 0 Å². The number of esters is 3. The minimum Gasteiger partial charge on any atom is -0.465 e. The number of carbonyl (C=O) groups excluding carboxylic acids is 3. The van der Waals surface area contributed by atoms with Crippen LogP contribution in [0.2, 0.25) is 0 Å². The van der Waals surface area contributed by atoms with E-state index in [1.165, 1.54) is 167 Å².